The summed E-state index contributed by atoms with van der Waals surface area (Å²) in [6.07, 6.45) is 1.48. The van der Waals surface area contributed by atoms with E-state index in [0.29, 0.717) is 19.3 Å². The van der Waals surface area contributed by atoms with E-state index in [-0.39, 0.29) is 36.7 Å². The van der Waals surface area contributed by atoms with Gasteiger partial charge in [0.05, 0.1) is 12.3 Å². The van der Waals surface area contributed by atoms with Gasteiger partial charge in [-0.1, -0.05) is 30.3 Å². The largest absolute Gasteiger partial charge is 0.481 e. The average molecular weight is 304 g/mol. The highest BCUT2D eigenvalue weighted by Crippen LogP contribution is 2.27. The van der Waals surface area contributed by atoms with Gasteiger partial charge in [-0.15, -0.1) is 0 Å². The molecular formula is C16H20N2O4. The lowest BCUT2D eigenvalue weighted by Crippen LogP contribution is -2.47. The molecule has 6 nitrogen and oxygen atoms in total. The minimum Gasteiger partial charge on any atom is -0.481 e. The van der Waals surface area contributed by atoms with Crippen molar-refractivity contribution in [3.05, 3.63) is 35.9 Å². The van der Waals surface area contributed by atoms with E-state index in [1.165, 1.54) is 0 Å². The number of benzene rings is 1. The molecule has 2 rings (SSSR count). The van der Waals surface area contributed by atoms with Crippen molar-refractivity contribution in [2.24, 2.45) is 5.92 Å². The smallest absolute Gasteiger partial charge is 0.306 e. The summed E-state index contributed by atoms with van der Waals surface area (Å²) >= 11 is 0. The number of carboxylic acids is 1. The van der Waals surface area contributed by atoms with E-state index in [4.69, 9.17) is 5.11 Å². The Morgan fingerprint density at radius 1 is 1.09 bits per heavy atom. The average Bonchev–Trinajstić information content (AvgIpc) is 2.43. The first-order chi connectivity index (χ1) is 10.5. The summed E-state index contributed by atoms with van der Waals surface area (Å²) in [5.41, 5.74) is 0.929. The molecule has 0 aromatic heterocycles. The number of rotatable bonds is 7. The molecule has 0 heterocycles. The van der Waals surface area contributed by atoms with Crippen molar-refractivity contribution in [1.29, 1.82) is 0 Å². The zero-order valence-corrected chi connectivity index (χ0v) is 12.2. The standard InChI is InChI=1S/C16H20N2O4/c19-14(18-13-9-12(10-13)16(21)22)6-7-17-15(20)8-11-4-2-1-3-5-11/h1-5,12-13H,6-10H2,(H,17,20)(H,18,19)(H,21,22). The summed E-state index contributed by atoms with van der Waals surface area (Å²) < 4.78 is 0. The van der Waals surface area contributed by atoms with Crippen molar-refractivity contribution in [3.8, 4) is 0 Å². The van der Waals surface area contributed by atoms with Gasteiger partial charge < -0.3 is 15.7 Å². The van der Waals surface area contributed by atoms with Crippen LogP contribution in [-0.4, -0.2) is 35.5 Å². The fraction of sp³-hybridized carbons (Fsp3) is 0.438. The molecule has 1 aliphatic carbocycles. The molecule has 3 N–H and O–H groups in total. The highest BCUT2D eigenvalue weighted by molar-refractivity contribution is 5.80. The van der Waals surface area contributed by atoms with E-state index in [1.54, 1.807) is 0 Å². The van der Waals surface area contributed by atoms with Crippen molar-refractivity contribution in [3.63, 3.8) is 0 Å². The molecule has 1 fully saturated rings. The zero-order chi connectivity index (χ0) is 15.9. The third kappa shape index (κ3) is 4.87. The van der Waals surface area contributed by atoms with E-state index in [0.717, 1.165) is 5.56 Å². The van der Waals surface area contributed by atoms with Gasteiger partial charge in [0.1, 0.15) is 0 Å². The minimum absolute atomic E-state index is 0.0476. The van der Waals surface area contributed by atoms with Gasteiger partial charge in [0.15, 0.2) is 0 Å². The summed E-state index contributed by atoms with van der Waals surface area (Å²) in [5, 5.41) is 14.2. The molecule has 2 amide bonds. The molecular weight excluding hydrogens is 284 g/mol. The van der Waals surface area contributed by atoms with Crippen molar-refractivity contribution >= 4 is 17.8 Å². The van der Waals surface area contributed by atoms with Crippen LogP contribution in [0.15, 0.2) is 30.3 Å². The van der Waals surface area contributed by atoms with Crippen LogP contribution in [0.2, 0.25) is 0 Å². The predicted octanol–water partition coefficient (Wildman–Crippen LogP) is 0.715. The van der Waals surface area contributed by atoms with Crippen LogP contribution in [0.1, 0.15) is 24.8 Å². The lowest BCUT2D eigenvalue weighted by atomic mass is 9.80. The van der Waals surface area contributed by atoms with Crippen molar-refractivity contribution in [2.45, 2.75) is 31.7 Å². The second-order valence-corrected chi connectivity index (χ2v) is 5.53. The maximum absolute atomic E-state index is 11.7. The Morgan fingerprint density at radius 3 is 2.41 bits per heavy atom. The minimum atomic E-state index is -0.807. The summed E-state index contributed by atoms with van der Waals surface area (Å²) in [4.78, 5) is 34.0. The van der Waals surface area contributed by atoms with Crippen molar-refractivity contribution in [1.82, 2.24) is 10.6 Å². The Balaban J connectivity index is 1.57. The lowest BCUT2D eigenvalue weighted by Gasteiger charge is -2.32. The first kappa shape index (κ1) is 16.0. The molecule has 0 saturated heterocycles. The summed E-state index contributed by atoms with van der Waals surface area (Å²) in [5.74, 6) is -1.42. The third-order valence-electron chi connectivity index (χ3n) is 3.73. The second-order valence-electron chi connectivity index (χ2n) is 5.53. The molecule has 0 aliphatic heterocycles. The predicted molar refractivity (Wildman–Crippen MR) is 80.1 cm³/mol. The van der Waals surface area contributed by atoms with Crippen LogP contribution in [0.25, 0.3) is 0 Å². The van der Waals surface area contributed by atoms with Crippen LogP contribution in [-0.2, 0) is 20.8 Å². The van der Waals surface area contributed by atoms with Crippen molar-refractivity contribution in [2.75, 3.05) is 6.54 Å². The Kier molecular flexibility index (Phi) is 5.52. The molecule has 0 radical (unpaired) electrons. The van der Waals surface area contributed by atoms with Crippen LogP contribution in [0.4, 0.5) is 0 Å². The molecule has 22 heavy (non-hydrogen) atoms. The number of carbonyl (C=O) groups is 3. The maximum atomic E-state index is 11.7. The van der Waals surface area contributed by atoms with E-state index in [1.807, 2.05) is 30.3 Å². The molecule has 118 valence electrons. The van der Waals surface area contributed by atoms with Crippen LogP contribution in [0, 0.1) is 5.92 Å². The molecule has 1 aromatic rings. The van der Waals surface area contributed by atoms with Gasteiger partial charge >= 0.3 is 5.97 Å². The monoisotopic (exact) mass is 304 g/mol. The molecule has 0 spiro atoms. The van der Waals surface area contributed by atoms with Gasteiger partial charge in [0.2, 0.25) is 11.8 Å². The van der Waals surface area contributed by atoms with Gasteiger partial charge in [-0.05, 0) is 18.4 Å². The normalized spacial score (nSPS) is 19.8. The Labute approximate surface area is 128 Å². The molecule has 0 bridgehead atoms. The number of hydrogen-bond acceptors (Lipinski definition) is 3. The Morgan fingerprint density at radius 2 is 1.77 bits per heavy atom. The number of aliphatic carboxylic acids is 1. The highest BCUT2D eigenvalue weighted by atomic mass is 16.4. The summed E-state index contributed by atoms with van der Waals surface area (Å²) in [6.45, 7) is 0.284. The zero-order valence-electron chi connectivity index (χ0n) is 12.2. The number of nitrogens with one attached hydrogen (secondary N) is 2. The first-order valence-corrected chi connectivity index (χ1v) is 7.37. The van der Waals surface area contributed by atoms with E-state index in [2.05, 4.69) is 10.6 Å². The molecule has 0 unspecified atom stereocenters. The van der Waals surface area contributed by atoms with Crippen LogP contribution >= 0.6 is 0 Å². The van der Waals surface area contributed by atoms with Crippen molar-refractivity contribution < 1.29 is 19.5 Å². The SMILES string of the molecule is O=C(Cc1ccccc1)NCCC(=O)NC1CC(C(=O)O)C1. The quantitative estimate of drug-likeness (QED) is 0.691. The van der Waals surface area contributed by atoms with Crippen LogP contribution in [0.3, 0.4) is 0 Å². The maximum Gasteiger partial charge on any atom is 0.306 e. The highest BCUT2D eigenvalue weighted by Gasteiger charge is 2.35. The van der Waals surface area contributed by atoms with E-state index >= 15 is 0 Å². The fourth-order valence-corrected chi connectivity index (χ4v) is 2.40. The van der Waals surface area contributed by atoms with Crippen LogP contribution in [0.5, 0.6) is 0 Å². The van der Waals surface area contributed by atoms with Gasteiger partial charge in [0, 0.05) is 19.0 Å². The van der Waals surface area contributed by atoms with E-state index < -0.39 is 5.97 Å². The lowest BCUT2D eigenvalue weighted by molar-refractivity contribution is -0.146. The number of carboxylic acid groups (broad SMARTS) is 1. The summed E-state index contributed by atoms with van der Waals surface area (Å²) in [6, 6.07) is 9.34. The van der Waals surface area contributed by atoms with E-state index in [9.17, 15) is 14.4 Å². The molecule has 1 aliphatic rings. The number of hydrogen-bond donors (Lipinski definition) is 3. The second kappa shape index (κ2) is 7.59. The van der Waals surface area contributed by atoms with Gasteiger partial charge in [0.25, 0.3) is 0 Å². The van der Waals surface area contributed by atoms with Gasteiger partial charge in [-0.25, -0.2) is 0 Å². The number of amides is 2. The Hall–Kier alpha value is -2.37. The molecule has 1 saturated carbocycles. The summed E-state index contributed by atoms with van der Waals surface area (Å²) in [7, 11) is 0. The molecule has 6 heteroatoms. The van der Waals surface area contributed by atoms with Gasteiger partial charge in [-0.3, -0.25) is 14.4 Å². The van der Waals surface area contributed by atoms with Crippen LogP contribution < -0.4 is 10.6 Å². The first-order valence-electron chi connectivity index (χ1n) is 7.37. The molecule has 1 aromatic carbocycles. The topological polar surface area (TPSA) is 95.5 Å². The Bertz CT molecular complexity index is 538. The van der Waals surface area contributed by atoms with Gasteiger partial charge in [-0.2, -0.15) is 0 Å². The molecule has 0 atom stereocenters. The number of carbonyl (C=O) groups excluding carboxylic acids is 2. The fourth-order valence-electron chi connectivity index (χ4n) is 2.40. The third-order valence-corrected chi connectivity index (χ3v) is 3.73.